The fourth-order valence-corrected chi connectivity index (χ4v) is 3.13. The molecule has 0 aliphatic carbocycles. The molecule has 27 heavy (non-hydrogen) atoms. The van der Waals surface area contributed by atoms with Crippen molar-refractivity contribution in [3.05, 3.63) is 48.3 Å². The number of nitrogens with zero attached hydrogens (tertiary/aromatic N) is 3. The summed E-state index contributed by atoms with van der Waals surface area (Å²) in [6.07, 6.45) is 3.70. The second kappa shape index (κ2) is 11.3. The fourth-order valence-electron chi connectivity index (χ4n) is 2.35. The second-order valence-corrected chi connectivity index (χ2v) is 8.51. The van der Waals surface area contributed by atoms with Gasteiger partial charge in [0, 0.05) is 25.0 Å². The van der Waals surface area contributed by atoms with Crippen molar-refractivity contribution in [2.75, 3.05) is 18.6 Å². The summed E-state index contributed by atoms with van der Waals surface area (Å²) in [5.74, 6) is 0.810. The highest BCUT2D eigenvalue weighted by Gasteiger charge is 2.09. The minimum Gasteiger partial charge on any atom is -0.357 e. The van der Waals surface area contributed by atoms with Crippen LogP contribution in [0.5, 0.6) is 0 Å². The summed E-state index contributed by atoms with van der Waals surface area (Å²) in [5, 5.41) is 10.9. The molecule has 1 aromatic heterocycles. The average Bonchev–Trinajstić information content (AvgIpc) is 3.07. The van der Waals surface area contributed by atoms with Crippen LogP contribution in [0.15, 0.2) is 47.6 Å². The van der Waals surface area contributed by atoms with Crippen LogP contribution in [0.2, 0.25) is 0 Å². The molecule has 0 fully saturated rings. The van der Waals surface area contributed by atoms with Gasteiger partial charge in [0.25, 0.3) is 0 Å². The lowest BCUT2D eigenvalue weighted by Crippen LogP contribution is -2.42. The number of sulfone groups is 1. The summed E-state index contributed by atoms with van der Waals surface area (Å²) >= 11 is 0. The first-order valence-corrected chi connectivity index (χ1v) is 10.8. The Kier molecular flexibility index (Phi) is 9.78. The van der Waals surface area contributed by atoms with Gasteiger partial charge < -0.3 is 10.6 Å². The van der Waals surface area contributed by atoms with Crippen LogP contribution in [0.3, 0.4) is 0 Å². The van der Waals surface area contributed by atoms with Crippen molar-refractivity contribution in [1.29, 1.82) is 0 Å². The Labute approximate surface area is 178 Å². The first-order chi connectivity index (χ1) is 12.4. The molecule has 150 valence electrons. The highest BCUT2D eigenvalue weighted by atomic mass is 127. The topological polar surface area (TPSA) is 88.4 Å². The van der Waals surface area contributed by atoms with Crippen molar-refractivity contribution >= 4 is 39.8 Å². The summed E-state index contributed by atoms with van der Waals surface area (Å²) in [5.41, 5.74) is 1.86. The van der Waals surface area contributed by atoms with Crippen molar-refractivity contribution in [2.24, 2.45) is 4.99 Å². The van der Waals surface area contributed by atoms with E-state index >= 15 is 0 Å². The van der Waals surface area contributed by atoms with Gasteiger partial charge in [0.1, 0.15) is 9.84 Å². The minimum atomic E-state index is -2.96. The third kappa shape index (κ3) is 8.74. The number of halogens is 1. The third-order valence-electron chi connectivity index (χ3n) is 3.71. The number of aliphatic imine (C=N–C) groups is 1. The molecule has 0 bridgehead atoms. The van der Waals surface area contributed by atoms with E-state index in [9.17, 15) is 8.42 Å². The van der Waals surface area contributed by atoms with Gasteiger partial charge in [-0.25, -0.2) is 18.1 Å². The molecule has 0 radical (unpaired) electrons. The Balaban J connectivity index is 0.00000364. The molecule has 0 amide bonds. The largest absolute Gasteiger partial charge is 0.357 e. The van der Waals surface area contributed by atoms with Gasteiger partial charge in [-0.1, -0.05) is 18.2 Å². The Morgan fingerprint density at radius 1 is 1.26 bits per heavy atom. The quantitative estimate of drug-likeness (QED) is 0.327. The minimum absolute atomic E-state index is 0. The number of rotatable bonds is 8. The van der Waals surface area contributed by atoms with Crippen LogP contribution in [0.1, 0.15) is 26.0 Å². The van der Waals surface area contributed by atoms with E-state index in [1.165, 1.54) is 6.26 Å². The summed E-state index contributed by atoms with van der Waals surface area (Å²) in [6, 6.07) is 11.8. The van der Waals surface area contributed by atoms with E-state index < -0.39 is 9.84 Å². The van der Waals surface area contributed by atoms with Crippen molar-refractivity contribution in [3.63, 3.8) is 0 Å². The zero-order valence-electron chi connectivity index (χ0n) is 15.9. The molecule has 0 saturated carbocycles. The highest BCUT2D eigenvalue weighted by molar-refractivity contribution is 14.0. The van der Waals surface area contributed by atoms with Gasteiger partial charge in [-0.15, -0.1) is 24.0 Å². The van der Waals surface area contributed by atoms with E-state index in [0.29, 0.717) is 18.9 Å². The van der Waals surface area contributed by atoms with E-state index in [4.69, 9.17) is 0 Å². The summed E-state index contributed by atoms with van der Waals surface area (Å²) in [6.45, 7) is 5.10. The molecule has 2 rings (SSSR count). The van der Waals surface area contributed by atoms with E-state index in [2.05, 4.69) is 20.7 Å². The monoisotopic (exact) mass is 505 g/mol. The zero-order valence-corrected chi connectivity index (χ0v) is 19.1. The predicted molar refractivity (Wildman–Crippen MR) is 121 cm³/mol. The lowest BCUT2D eigenvalue weighted by molar-refractivity contribution is 0.581. The number of hydrogen-bond donors (Lipinski definition) is 2. The van der Waals surface area contributed by atoms with E-state index in [1.807, 2.05) is 61.1 Å². The molecular formula is C18H28IN5O2S. The zero-order chi connectivity index (χ0) is 19.0. The average molecular weight is 505 g/mol. The van der Waals surface area contributed by atoms with Crippen molar-refractivity contribution in [2.45, 2.75) is 32.9 Å². The molecule has 2 aromatic rings. The van der Waals surface area contributed by atoms with Gasteiger partial charge in [-0.05, 0) is 38.5 Å². The van der Waals surface area contributed by atoms with Gasteiger partial charge in [-0.2, -0.15) is 5.10 Å². The molecule has 1 unspecified atom stereocenters. The van der Waals surface area contributed by atoms with Gasteiger partial charge in [0.05, 0.1) is 23.7 Å². The first-order valence-electron chi connectivity index (χ1n) is 8.70. The molecular weight excluding hydrogens is 477 g/mol. The van der Waals surface area contributed by atoms with E-state index in [0.717, 1.165) is 17.9 Å². The van der Waals surface area contributed by atoms with Gasteiger partial charge in [0.15, 0.2) is 5.96 Å². The van der Waals surface area contributed by atoms with Crippen LogP contribution in [0, 0.1) is 0 Å². The van der Waals surface area contributed by atoms with Gasteiger partial charge >= 0.3 is 0 Å². The maximum atomic E-state index is 11.3. The molecule has 7 nitrogen and oxygen atoms in total. The van der Waals surface area contributed by atoms with Crippen molar-refractivity contribution in [1.82, 2.24) is 20.4 Å². The van der Waals surface area contributed by atoms with Gasteiger partial charge in [-0.3, -0.25) is 0 Å². The molecule has 0 saturated heterocycles. The van der Waals surface area contributed by atoms with E-state index in [-0.39, 0.29) is 35.8 Å². The number of hydrogen-bond acceptors (Lipinski definition) is 4. The highest BCUT2D eigenvalue weighted by Crippen LogP contribution is 2.07. The SMILES string of the molecule is CCNC(=NCc1ccn(-c2ccccc2)n1)NC(C)CCS(C)(=O)=O.I. The Morgan fingerprint density at radius 2 is 1.96 bits per heavy atom. The molecule has 0 spiro atoms. The smallest absolute Gasteiger partial charge is 0.191 e. The predicted octanol–water partition coefficient (Wildman–Crippen LogP) is 2.37. The maximum absolute atomic E-state index is 11.3. The molecule has 9 heteroatoms. The van der Waals surface area contributed by atoms with Crippen LogP contribution in [-0.2, 0) is 16.4 Å². The summed E-state index contributed by atoms with van der Waals surface area (Å²) in [7, 11) is -2.96. The number of nitrogens with one attached hydrogen (secondary N) is 2. The maximum Gasteiger partial charge on any atom is 0.191 e. The Morgan fingerprint density at radius 3 is 2.59 bits per heavy atom. The van der Waals surface area contributed by atoms with Crippen LogP contribution in [0.4, 0.5) is 0 Å². The molecule has 0 aliphatic rings. The van der Waals surface area contributed by atoms with Gasteiger partial charge in [0.2, 0.25) is 0 Å². The lowest BCUT2D eigenvalue weighted by atomic mass is 10.3. The second-order valence-electron chi connectivity index (χ2n) is 6.25. The Bertz CT molecular complexity index is 821. The van der Waals surface area contributed by atoms with Crippen LogP contribution < -0.4 is 10.6 Å². The van der Waals surface area contributed by atoms with Crippen LogP contribution in [-0.4, -0.2) is 48.8 Å². The van der Waals surface area contributed by atoms with Crippen LogP contribution in [0.25, 0.3) is 5.69 Å². The third-order valence-corrected chi connectivity index (χ3v) is 4.69. The first kappa shape index (κ1) is 23.4. The van der Waals surface area contributed by atoms with Crippen molar-refractivity contribution < 1.29 is 8.42 Å². The fraction of sp³-hybridized carbons (Fsp3) is 0.444. The molecule has 0 aliphatic heterocycles. The summed E-state index contributed by atoms with van der Waals surface area (Å²) in [4.78, 5) is 4.54. The molecule has 1 atom stereocenters. The van der Waals surface area contributed by atoms with Crippen LogP contribution >= 0.6 is 24.0 Å². The molecule has 1 heterocycles. The number of para-hydroxylation sites is 1. The lowest BCUT2D eigenvalue weighted by Gasteiger charge is -2.17. The normalized spacial score (nSPS) is 12.9. The number of benzene rings is 1. The van der Waals surface area contributed by atoms with Crippen molar-refractivity contribution in [3.8, 4) is 5.69 Å². The summed E-state index contributed by atoms with van der Waals surface area (Å²) < 4.78 is 24.4. The number of aromatic nitrogens is 2. The standard InChI is InChI=1S/C18H27N5O2S.HI/c1-4-19-18(21-15(2)11-13-26(3,24)25)20-14-16-10-12-23(22-16)17-8-6-5-7-9-17;/h5-10,12,15H,4,11,13-14H2,1-3H3,(H2,19,20,21);1H. The number of guanidine groups is 1. The van der Waals surface area contributed by atoms with E-state index in [1.54, 1.807) is 0 Å². The molecule has 1 aromatic carbocycles. The molecule has 2 N–H and O–H groups in total. The Hall–Kier alpha value is -1.62.